The van der Waals surface area contributed by atoms with E-state index >= 15 is 0 Å². The molecule has 0 bridgehead atoms. The number of hydrogen-bond donors (Lipinski definition) is 11. The maximum Gasteiger partial charge on any atom is 0.326 e. The molecular weight excluding hydrogens is 534 g/mol. The Labute approximate surface area is 229 Å². The average Bonchev–Trinajstić information content (AvgIpc) is 2.84. The predicted octanol–water partition coefficient (Wildman–Crippen LogP) is -5.30. The van der Waals surface area contributed by atoms with Crippen LogP contribution >= 0.6 is 0 Å². The minimum Gasteiger partial charge on any atom is -0.481 e. The van der Waals surface area contributed by atoms with E-state index in [-0.39, 0.29) is 57.1 Å². The standard InChI is InChI=1S/C21H39N11O8/c22-10(3-1-7-28-20(24)25)16(36)32-13(9-15(34)35)18(38)30-11(4-2-8-29-21(26)27)17(37)31-12(19(39)40)5-6-14(23)33/h10-13H,1-9,22H2,(H2,23,33)(H,30,38)(H,31,37)(H,32,36)(H,34,35)(H,39,40)(H4,24,25,28)(H4,26,27,29). The second-order valence-electron chi connectivity index (χ2n) is 8.63. The largest absolute Gasteiger partial charge is 0.481 e. The lowest BCUT2D eigenvalue weighted by molar-refractivity contribution is -0.143. The van der Waals surface area contributed by atoms with Crippen molar-refractivity contribution in [3.05, 3.63) is 0 Å². The molecule has 4 amide bonds. The molecule has 4 unspecified atom stereocenters. The van der Waals surface area contributed by atoms with Crippen molar-refractivity contribution in [2.75, 3.05) is 13.1 Å². The van der Waals surface area contributed by atoms with Crippen LogP contribution in [-0.4, -0.2) is 95.0 Å². The molecule has 0 rings (SSSR count). The van der Waals surface area contributed by atoms with Gasteiger partial charge in [-0.05, 0) is 32.1 Å². The molecule has 0 fully saturated rings. The molecule has 0 spiro atoms. The normalized spacial score (nSPS) is 13.4. The Morgan fingerprint density at radius 1 is 0.650 bits per heavy atom. The van der Waals surface area contributed by atoms with Gasteiger partial charge in [-0.2, -0.15) is 0 Å². The first-order chi connectivity index (χ1) is 18.6. The lowest BCUT2D eigenvalue weighted by atomic mass is 10.1. The van der Waals surface area contributed by atoms with Gasteiger partial charge in [0, 0.05) is 19.5 Å². The fourth-order valence-electron chi connectivity index (χ4n) is 3.17. The second kappa shape index (κ2) is 18.6. The van der Waals surface area contributed by atoms with Gasteiger partial charge < -0.3 is 60.6 Å². The number of rotatable bonds is 20. The third-order valence-electron chi connectivity index (χ3n) is 5.19. The molecule has 0 aliphatic rings. The lowest BCUT2D eigenvalue weighted by Gasteiger charge is -2.24. The smallest absolute Gasteiger partial charge is 0.326 e. The van der Waals surface area contributed by atoms with E-state index in [1.165, 1.54) is 0 Å². The number of carboxylic acids is 2. The fraction of sp³-hybridized carbons (Fsp3) is 0.619. The van der Waals surface area contributed by atoms with Gasteiger partial charge in [-0.15, -0.1) is 0 Å². The monoisotopic (exact) mass is 573 g/mol. The molecule has 0 aliphatic carbocycles. The molecule has 0 heterocycles. The van der Waals surface area contributed by atoms with E-state index in [4.69, 9.17) is 34.4 Å². The Bertz CT molecular complexity index is 964. The van der Waals surface area contributed by atoms with Crippen LogP contribution in [0.15, 0.2) is 9.98 Å². The second-order valence-corrected chi connectivity index (χ2v) is 8.63. The quantitative estimate of drug-likeness (QED) is 0.0368. The maximum absolute atomic E-state index is 13.0. The van der Waals surface area contributed by atoms with Gasteiger partial charge in [0.15, 0.2) is 11.9 Å². The summed E-state index contributed by atoms with van der Waals surface area (Å²) >= 11 is 0. The van der Waals surface area contributed by atoms with Gasteiger partial charge in [-0.1, -0.05) is 0 Å². The Balaban J connectivity index is 5.61. The topological polar surface area (TPSA) is 360 Å². The minimum atomic E-state index is -1.63. The first kappa shape index (κ1) is 35.3. The van der Waals surface area contributed by atoms with E-state index in [9.17, 15) is 39.0 Å². The van der Waals surface area contributed by atoms with E-state index in [2.05, 4.69) is 25.9 Å². The van der Waals surface area contributed by atoms with E-state index in [0.717, 1.165) is 0 Å². The molecule has 0 aromatic carbocycles. The zero-order chi connectivity index (χ0) is 30.8. The fourth-order valence-corrected chi connectivity index (χ4v) is 3.17. The van der Waals surface area contributed by atoms with Crippen LogP contribution in [0.5, 0.6) is 0 Å². The molecule has 0 aromatic heterocycles. The lowest BCUT2D eigenvalue weighted by Crippen LogP contribution is -2.57. The highest BCUT2D eigenvalue weighted by molar-refractivity contribution is 5.95. The van der Waals surface area contributed by atoms with Crippen molar-refractivity contribution in [3.63, 3.8) is 0 Å². The number of nitrogens with two attached hydrogens (primary N) is 6. The number of carboxylic acid groups (broad SMARTS) is 2. The Hall–Kier alpha value is -4.68. The highest BCUT2D eigenvalue weighted by Gasteiger charge is 2.31. The Morgan fingerprint density at radius 3 is 1.60 bits per heavy atom. The molecular formula is C21H39N11O8. The van der Waals surface area contributed by atoms with Gasteiger partial charge in [0.2, 0.25) is 23.6 Å². The van der Waals surface area contributed by atoms with Crippen molar-refractivity contribution in [2.45, 2.75) is 69.1 Å². The van der Waals surface area contributed by atoms with E-state index in [0.29, 0.717) is 6.42 Å². The van der Waals surface area contributed by atoms with Crippen molar-refractivity contribution in [1.82, 2.24) is 16.0 Å². The predicted molar refractivity (Wildman–Crippen MR) is 142 cm³/mol. The molecule has 0 saturated carbocycles. The summed E-state index contributed by atoms with van der Waals surface area (Å²) in [5, 5.41) is 25.4. The molecule has 19 heteroatoms. The van der Waals surface area contributed by atoms with Crippen LogP contribution in [0, 0.1) is 0 Å². The highest BCUT2D eigenvalue weighted by Crippen LogP contribution is 2.05. The van der Waals surface area contributed by atoms with Gasteiger partial charge in [0.05, 0.1) is 12.5 Å². The van der Waals surface area contributed by atoms with Crippen molar-refractivity contribution >= 4 is 47.5 Å². The molecule has 226 valence electrons. The number of carbonyl (C=O) groups is 6. The van der Waals surface area contributed by atoms with Crippen molar-refractivity contribution < 1.29 is 39.0 Å². The van der Waals surface area contributed by atoms with E-state index in [1.54, 1.807) is 0 Å². The molecule has 19 nitrogen and oxygen atoms in total. The third kappa shape index (κ3) is 16.2. The van der Waals surface area contributed by atoms with Gasteiger partial charge in [-0.25, -0.2) is 4.79 Å². The highest BCUT2D eigenvalue weighted by atomic mass is 16.4. The van der Waals surface area contributed by atoms with Crippen molar-refractivity contribution in [1.29, 1.82) is 0 Å². The van der Waals surface area contributed by atoms with Crippen LogP contribution < -0.4 is 50.4 Å². The SMILES string of the molecule is NC(=O)CCC(NC(=O)C(CCCN=C(N)N)NC(=O)C(CC(=O)O)NC(=O)C(N)CCCN=C(N)N)C(=O)O. The summed E-state index contributed by atoms with van der Waals surface area (Å²) in [6.45, 7) is 0.242. The number of aliphatic carboxylic acids is 2. The summed E-state index contributed by atoms with van der Waals surface area (Å²) in [6.07, 6.45) is -1.03. The summed E-state index contributed by atoms with van der Waals surface area (Å²) < 4.78 is 0. The van der Waals surface area contributed by atoms with E-state index in [1.807, 2.05) is 0 Å². The first-order valence-corrected chi connectivity index (χ1v) is 12.1. The van der Waals surface area contributed by atoms with Gasteiger partial charge >= 0.3 is 11.9 Å². The molecule has 17 N–H and O–H groups in total. The summed E-state index contributed by atoms with van der Waals surface area (Å²) in [5.41, 5.74) is 31.8. The van der Waals surface area contributed by atoms with Crippen LogP contribution in [0.2, 0.25) is 0 Å². The number of hydrogen-bond acceptors (Lipinski definition) is 9. The molecule has 4 atom stereocenters. The van der Waals surface area contributed by atoms with Crippen LogP contribution in [0.4, 0.5) is 0 Å². The van der Waals surface area contributed by atoms with Gasteiger partial charge in [-0.3, -0.25) is 34.0 Å². The van der Waals surface area contributed by atoms with Gasteiger partial charge in [0.25, 0.3) is 0 Å². The number of amides is 4. The zero-order valence-corrected chi connectivity index (χ0v) is 21.9. The molecule has 0 aromatic rings. The molecule has 0 radical (unpaired) electrons. The van der Waals surface area contributed by atoms with Crippen molar-refractivity contribution in [3.8, 4) is 0 Å². The zero-order valence-electron chi connectivity index (χ0n) is 21.9. The van der Waals surface area contributed by atoms with Crippen LogP contribution in [0.25, 0.3) is 0 Å². The molecule has 40 heavy (non-hydrogen) atoms. The van der Waals surface area contributed by atoms with Crippen LogP contribution in [0.3, 0.4) is 0 Å². The van der Waals surface area contributed by atoms with Crippen LogP contribution in [-0.2, 0) is 28.8 Å². The summed E-state index contributed by atoms with van der Waals surface area (Å²) in [7, 11) is 0. The number of carbonyl (C=O) groups excluding carboxylic acids is 4. The number of primary amides is 1. The number of nitrogens with zero attached hydrogens (tertiary/aromatic N) is 2. The number of nitrogens with one attached hydrogen (secondary N) is 3. The number of aliphatic imine (C=N–C) groups is 2. The average molecular weight is 574 g/mol. The van der Waals surface area contributed by atoms with Crippen LogP contribution in [0.1, 0.15) is 44.9 Å². The molecule has 0 saturated heterocycles. The third-order valence-corrected chi connectivity index (χ3v) is 5.19. The Kier molecular flexibility index (Phi) is 16.4. The molecule has 0 aliphatic heterocycles. The summed E-state index contributed by atoms with van der Waals surface area (Å²) in [5.74, 6) is -6.88. The minimum absolute atomic E-state index is 0.0516. The summed E-state index contributed by atoms with van der Waals surface area (Å²) in [4.78, 5) is 79.8. The number of guanidine groups is 2. The summed E-state index contributed by atoms with van der Waals surface area (Å²) in [6, 6.07) is -5.66. The van der Waals surface area contributed by atoms with Gasteiger partial charge in [0.1, 0.15) is 18.1 Å². The first-order valence-electron chi connectivity index (χ1n) is 12.1. The Morgan fingerprint density at radius 2 is 1.12 bits per heavy atom. The van der Waals surface area contributed by atoms with E-state index < -0.39 is 66.2 Å². The maximum atomic E-state index is 13.0. The van der Waals surface area contributed by atoms with Crippen molar-refractivity contribution in [2.24, 2.45) is 44.4 Å².